The number of hydrogen-bond acceptors (Lipinski definition) is 2. The van der Waals surface area contributed by atoms with Crippen LogP contribution in [0.2, 0.25) is 0 Å². The molecule has 1 fully saturated rings. The van der Waals surface area contributed by atoms with Crippen LogP contribution in [0.3, 0.4) is 0 Å². The standard InChI is InChI=1S/C15H17F2N3/c16-11-8-12(9-4-2-1-3-5-9)20-15(11)18-14(19-20)13(17)10-6-7-10/h1-2,4,10-13H,3,5-8H2/t11-,12-,13-/m0/s1. The lowest BCUT2D eigenvalue weighted by Crippen LogP contribution is -2.11. The van der Waals surface area contributed by atoms with Gasteiger partial charge >= 0.3 is 0 Å². The molecule has 1 aromatic rings. The molecule has 106 valence electrons. The minimum absolute atomic E-state index is 0.0477. The molecule has 0 spiro atoms. The Morgan fingerprint density at radius 2 is 2.20 bits per heavy atom. The third-order valence-corrected chi connectivity index (χ3v) is 4.44. The highest BCUT2D eigenvalue weighted by Crippen LogP contribution is 2.45. The topological polar surface area (TPSA) is 30.7 Å². The largest absolute Gasteiger partial charge is 0.240 e. The summed E-state index contributed by atoms with van der Waals surface area (Å²) >= 11 is 0. The maximum absolute atomic E-state index is 14.1. The summed E-state index contributed by atoms with van der Waals surface area (Å²) in [6.45, 7) is 0. The minimum atomic E-state index is -1.13. The number of halogens is 2. The van der Waals surface area contributed by atoms with E-state index in [9.17, 15) is 8.78 Å². The molecule has 4 rings (SSSR count). The van der Waals surface area contributed by atoms with Gasteiger partial charge in [-0.1, -0.05) is 18.2 Å². The zero-order valence-corrected chi connectivity index (χ0v) is 11.2. The van der Waals surface area contributed by atoms with Gasteiger partial charge in [-0.05, 0) is 37.2 Å². The van der Waals surface area contributed by atoms with Crippen molar-refractivity contribution in [3.8, 4) is 0 Å². The van der Waals surface area contributed by atoms with Crippen LogP contribution in [-0.2, 0) is 0 Å². The highest BCUT2D eigenvalue weighted by Gasteiger charge is 2.40. The summed E-state index contributed by atoms with van der Waals surface area (Å²) in [5, 5.41) is 4.28. The van der Waals surface area contributed by atoms with Crippen molar-refractivity contribution in [2.75, 3.05) is 0 Å². The van der Waals surface area contributed by atoms with E-state index >= 15 is 0 Å². The predicted molar refractivity (Wildman–Crippen MR) is 70.6 cm³/mol. The Morgan fingerprint density at radius 1 is 1.35 bits per heavy atom. The maximum Gasteiger partial charge on any atom is 0.185 e. The van der Waals surface area contributed by atoms with Gasteiger partial charge in [-0.15, -0.1) is 0 Å². The van der Waals surface area contributed by atoms with Crippen LogP contribution in [0.1, 0.15) is 62.1 Å². The first-order valence-corrected chi connectivity index (χ1v) is 7.34. The Balaban J connectivity index is 1.67. The molecule has 0 saturated heterocycles. The summed E-state index contributed by atoms with van der Waals surface area (Å²) in [7, 11) is 0. The lowest BCUT2D eigenvalue weighted by molar-refractivity contribution is 0.282. The van der Waals surface area contributed by atoms with Gasteiger partial charge in [-0.2, -0.15) is 5.10 Å². The van der Waals surface area contributed by atoms with Gasteiger partial charge < -0.3 is 0 Å². The number of rotatable bonds is 3. The van der Waals surface area contributed by atoms with E-state index in [-0.39, 0.29) is 17.8 Å². The van der Waals surface area contributed by atoms with E-state index in [1.807, 2.05) is 12.2 Å². The molecule has 3 atom stereocenters. The van der Waals surface area contributed by atoms with Crippen molar-refractivity contribution < 1.29 is 8.78 Å². The van der Waals surface area contributed by atoms with Crippen LogP contribution in [0.4, 0.5) is 8.78 Å². The fourth-order valence-electron chi connectivity index (χ4n) is 3.12. The van der Waals surface area contributed by atoms with Gasteiger partial charge in [0.05, 0.1) is 6.04 Å². The molecule has 2 heterocycles. The molecule has 1 aliphatic heterocycles. The van der Waals surface area contributed by atoms with Gasteiger partial charge in [-0.3, -0.25) is 0 Å². The minimum Gasteiger partial charge on any atom is -0.240 e. The Labute approximate surface area is 116 Å². The van der Waals surface area contributed by atoms with Crippen molar-refractivity contribution in [2.24, 2.45) is 5.92 Å². The number of nitrogens with zero attached hydrogens (tertiary/aromatic N) is 3. The van der Waals surface area contributed by atoms with Crippen molar-refractivity contribution in [3.63, 3.8) is 0 Å². The Bertz CT molecular complexity index is 586. The molecule has 0 N–H and O–H groups in total. The Morgan fingerprint density at radius 3 is 2.90 bits per heavy atom. The normalized spacial score (nSPS) is 30.2. The monoisotopic (exact) mass is 277 g/mol. The third kappa shape index (κ3) is 1.91. The first-order chi connectivity index (χ1) is 9.74. The summed E-state index contributed by atoms with van der Waals surface area (Å²) in [6, 6.07) is -0.0856. The fraction of sp³-hybridized carbons (Fsp3) is 0.600. The predicted octanol–water partition coefficient (Wildman–Crippen LogP) is 3.93. The molecule has 20 heavy (non-hydrogen) atoms. The van der Waals surface area contributed by atoms with Crippen LogP contribution in [-0.4, -0.2) is 14.8 Å². The number of aromatic nitrogens is 3. The van der Waals surface area contributed by atoms with Crippen LogP contribution >= 0.6 is 0 Å². The molecule has 2 aliphatic carbocycles. The molecule has 1 aromatic heterocycles. The van der Waals surface area contributed by atoms with Crippen LogP contribution in [0.5, 0.6) is 0 Å². The zero-order chi connectivity index (χ0) is 13.7. The SMILES string of the molecule is F[C@H](c1nc2n(n1)[C@H](C1=CC=CCC1)C[C@@H]2F)C1CC1. The first kappa shape index (κ1) is 12.2. The van der Waals surface area contributed by atoms with Crippen LogP contribution in [0, 0.1) is 5.92 Å². The van der Waals surface area contributed by atoms with E-state index < -0.39 is 12.3 Å². The Kier molecular flexibility index (Phi) is 2.75. The molecule has 3 nitrogen and oxygen atoms in total. The fourth-order valence-corrected chi connectivity index (χ4v) is 3.12. The van der Waals surface area contributed by atoms with Crippen molar-refractivity contribution in [3.05, 3.63) is 35.4 Å². The third-order valence-electron chi connectivity index (χ3n) is 4.44. The smallest absolute Gasteiger partial charge is 0.185 e. The van der Waals surface area contributed by atoms with Gasteiger partial charge in [0.15, 0.2) is 24.0 Å². The highest BCUT2D eigenvalue weighted by atomic mass is 19.1. The second kappa shape index (κ2) is 4.50. The van der Waals surface area contributed by atoms with Gasteiger partial charge in [0.2, 0.25) is 0 Å². The molecule has 0 aromatic carbocycles. The van der Waals surface area contributed by atoms with E-state index in [4.69, 9.17) is 0 Å². The number of allylic oxidation sites excluding steroid dienone is 4. The average Bonchev–Trinajstić information content (AvgIpc) is 3.15. The van der Waals surface area contributed by atoms with Crippen LogP contribution in [0.15, 0.2) is 23.8 Å². The molecule has 0 unspecified atom stereocenters. The molecule has 0 amide bonds. The summed E-state index contributed by atoms with van der Waals surface area (Å²) in [4.78, 5) is 4.13. The van der Waals surface area contributed by atoms with E-state index in [2.05, 4.69) is 16.2 Å². The molecule has 3 aliphatic rings. The first-order valence-electron chi connectivity index (χ1n) is 7.34. The molecular formula is C15H17F2N3. The van der Waals surface area contributed by atoms with E-state index in [0.717, 1.165) is 25.7 Å². The van der Waals surface area contributed by atoms with Gasteiger partial charge in [0, 0.05) is 6.42 Å². The number of alkyl halides is 2. The van der Waals surface area contributed by atoms with Crippen molar-refractivity contribution in [1.29, 1.82) is 0 Å². The second-order valence-electron chi connectivity index (χ2n) is 5.94. The summed E-state index contributed by atoms with van der Waals surface area (Å²) in [5.74, 6) is 0.539. The molecular weight excluding hydrogens is 260 g/mol. The second-order valence-corrected chi connectivity index (χ2v) is 5.94. The van der Waals surface area contributed by atoms with E-state index in [0.29, 0.717) is 12.2 Å². The van der Waals surface area contributed by atoms with Crippen molar-refractivity contribution in [2.45, 2.75) is 50.5 Å². The maximum atomic E-state index is 14.1. The van der Waals surface area contributed by atoms with E-state index in [1.54, 1.807) is 4.68 Å². The lowest BCUT2D eigenvalue weighted by atomic mass is 9.96. The van der Waals surface area contributed by atoms with Crippen LogP contribution in [0.25, 0.3) is 0 Å². The van der Waals surface area contributed by atoms with E-state index in [1.165, 1.54) is 5.57 Å². The summed E-state index contributed by atoms with van der Waals surface area (Å²) < 4.78 is 29.8. The van der Waals surface area contributed by atoms with Gasteiger partial charge in [0.1, 0.15) is 0 Å². The van der Waals surface area contributed by atoms with Crippen LogP contribution < -0.4 is 0 Å². The Hall–Kier alpha value is -1.52. The number of fused-ring (bicyclic) bond motifs is 1. The highest BCUT2D eigenvalue weighted by molar-refractivity contribution is 5.25. The summed E-state index contributed by atoms with van der Waals surface area (Å²) in [6.07, 6.45) is 7.95. The van der Waals surface area contributed by atoms with Crippen molar-refractivity contribution in [1.82, 2.24) is 14.8 Å². The molecule has 0 bridgehead atoms. The number of hydrogen-bond donors (Lipinski definition) is 0. The quantitative estimate of drug-likeness (QED) is 0.838. The lowest BCUT2D eigenvalue weighted by Gasteiger charge is -2.17. The average molecular weight is 277 g/mol. The van der Waals surface area contributed by atoms with Gasteiger partial charge in [-0.25, -0.2) is 18.4 Å². The van der Waals surface area contributed by atoms with Crippen molar-refractivity contribution >= 4 is 0 Å². The summed E-state index contributed by atoms with van der Waals surface area (Å²) in [5.41, 5.74) is 1.17. The zero-order valence-electron chi connectivity index (χ0n) is 11.2. The van der Waals surface area contributed by atoms with Gasteiger partial charge in [0.25, 0.3) is 0 Å². The molecule has 5 heteroatoms. The molecule has 0 radical (unpaired) electrons. The molecule has 1 saturated carbocycles.